The lowest BCUT2D eigenvalue weighted by Crippen LogP contribution is -2.23. The quantitative estimate of drug-likeness (QED) is 0.523. The number of fused-ring (bicyclic) bond motifs is 1. The summed E-state index contributed by atoms with van der Waals surface area (Å²) in [5.74, 6) is -0.668. The first-order valence-corrected chi connectivity index (χ1v) is 8.56. The zero-order valence-corrected chi connectivity index (χ0v) is 14.5. The van der Waals surface area contributed by atoms with Crippen LogP contribution in [-0.2, 0) is 4.79 Å². The van der Waals surface area contributed by atoms with Crippen molar-refractivity contribution in [1.82, 2.24) is 4.57 Å². The number of esters is 1. The fourth-order valence-corrected chi connectivity index (χ4v) is 3.35. The number of halogens is 1. The first kappa shape index (κ1) is 17.0. The van der Waals surface area contributed by atoms with Gasteiger partial charge in [-0.2, -0.15) is 5.26 Å². The van der Waals surface area contributed by atoms with Crippen molar-refractivity contribution >= 4 is 16.7 Å². The maximum Gasteiger partial charge on any atom is 0.308 e. The van der Waals surface area contributed by atoms with E-state index < -0.39 is 11.8 Å². The molecular formula is C21H15FN2O3. The SMILES string of the molecule is CC(=O)Oc1ccc2c(=O)n(C3CC3)c(C#N)c(-c3cccc(F)c3)c2c1. The molecule has 3 aromatic rings. The lowest BCUT2D eigenvalue weighted by atomic mass is 9.96. The predicted octanol–water partition coefficient (Wildman–Crippen LogP) is 3.94. The van der Waals surface area contributed by atoms with E-state index in [0.717, 1.165) is 12.8 Å². The van der Waals surface area contributed by atoms with Gasteiger partial charge in [0.2, 0.25) is 0 Å². The summed E-state index contributed by atoms with van der Waals surface area (Å²) < 4.78 is 20.5. The van der Waals surface area contributed by atoms with Gasteiger partial charge in [0.15, 0.2) is 0 Å². The van der Waals surface area contributed by atoms with Crippen LogP contribution in [0.2, 0.25) is 0 Å². The Morgan fingerprint density at radius 3 is 2.63 bits per heavy atom. The molecule has 1 aliphatic rings. The second-order valence-corrected chi connectivity index (χ2v) is 6.55. The molecule has 1 aliphatic carbocycles. The first-order chi connectivity index (χ1) is 13.0. The Balaban J connectivity index is 2.13. The minimum absolute atomic E-state index is 0.0167. The number of ether oxygens (including phenoxy) is 1. The predicted molar refractivity (Wildman–Crippen MR) is 97.9 cm³/mol. The lowest BCUT2D eigenvalue weighted by molar-refractivity contribution is -0.131. The maximum atomic E-state index is 13.9. The molecular weight excluding hydrogens is 347 g/mol. The molecule has 0 bridgehead atoms. The van der Waals surface area contributed by atoms with Crippen molar-refractivity contribution in [1.29, 1.82) is 5.26 Å². The molecule has 0 amide bonds. The molecule has 0 N–H and O–H groups in total. The van der Waals surface area contributed by atoms with Gasteiger partial charge in [-0.15, -0.1) is 0 Å². The van der Waals surface area contributed by atoms with Crippen LogP contribution in [0.4, 0.5) is 4.39 Å². The summed E-state index contributed by atoms with van der Waals surface area (Å²) in [5.41, 5.74) is 0.887. The van der Waals surface area contributed by atoms with Gasteiger partial charge in [0.05, 0.1) is 0 Å². The summed E-state index contributed by atoms with van der Waals surface area (Å²) >= 11 is 0. The topological polar surface area (TPSA) is 72.1 Å². The second kappa shape index (κ2) is 6.36. The molecule has 0 spiro atoms. The van der Waals surface area contributed by atoms with E-state index in [2.05, 4.69) is 6.07 Å². The lowest BCUT2D eigenvalue weighted by Gasteiger charge is -2.16. The number of hydrogen-bond acceptors (Lipinski definition) is 4. The highest BCUT2D eigenvalue weighted by atomic mass is 19.1. The average Bonchev–Trinajstić information content (AvgIpc) is 3.45. The van der Waals surface area contributed by atoms with Gasteiger partial charge in [-0.25, -0.2) is 4.39 Å². The van der Waals surface area contributed by atoms with Gasteiger partial charge >= 0.3 is 5.97 Å². The van der Waals surface area contributed by atoms with Crippen LogP contribution in [0.5, 0.6) is 5.75 Å². The highest BCUT2D eigenvalue weighted by Crippen LogP contribution is 2.39. The minimum Gasteiger partial charge on any atom is -0.427 e. The van der Waals surface area contributed by atoms with Crippen molar-refractivity contribution in [2.75, 3.05) is 0 Å². The average molecular weight is 362 g/mol. The fraction of sp³-hybridized carbons (Fsp3) is 0.190. The summed E-state index contributed by atoms with van der Waals surface area (Å²) in [6.07, 6.45) is 1.66. The largest absolute Gasteiger partial charge is 0.427 e. The van der Waals surface area contributed by atoms with Gasteiger partial charge < -0.3 is 4.74 Å². The second-order valence-electron chi connectivity index (χ2n) is 6.55. The highest BCUT2D eigenvalue weighted by molar-refractivity contribution is 5.99. The Kier molecular flexibility index (Phi) is 4.00. The summed E-state index contributed by atoms with van der Waals surface area (Å²) in [4.78, 5) is 24.3. The Bertz CT molecular complexity index is 1190. The van der Waals surface area contributed by atoms with Gasteiger partial charge in [-0.05, 0) is 48.7 Å². The van der Waals surface area contributed by atoms with E-state index in [0.29, 0.717) is 21.9 Å². The number of pyridine rings is 1. The minimum atomic E-state index is -0.492. The van der Waals surface area contributed by atoms with E-state index in [1.807, 2.05) is 0 Å². The zero-order valence-electron chi connectivity index (χ0n) is 14.5. The summed E-state index contributed by atoms with van der Waals surface area (Å²) in [6, 6.07) is 12.7. The summed E-state index contributed by atoms with van der Waals surface area (Å²) in [6.45, 7) is 1.28. The monoisotopic (exact) mass is 362 g/mol. The van der Waals surface area contributed by atoms with Gasteiger partial charge in [0.25, 0.3) is 5.56 Å². The van der Waals surface area contributed by atoms with E-state index in [1.54, 1.807) is 30.3 Å². The standard InChI is InChI=1S/C21H15FN2O3/c1-12(25)27-16-7-8-17-18(10-16)20(13-3-2-4-14(22)9-13)19(11-23)24(21(17)26)15-5-6-15/h2-4,7-10,15H,5-6H2,1H3. The number of nitrogens with zero attached hydrogens (tertiary/aromatic N) is 2. The smallest absolute Gasteiger partial charge is 0.308 e. The van der Waals surface area contributed by atoms with Crippen molar-refractivity contribution in [3.63, 3.8) is 0 Å². The van der Waals surface area contributed by atoms with Crippen molar-refractivity contribution in [3.8, 4) is 22.9 Å². The van der Waals surface area contributed by atoms with E-state index in [-0.39, 0.29) is 23.0 Å². The molecule has 2 aromatic carbocycles. The third-order valence-electron chi connectivity index (χ3n) is 4.58. The fourth-order valence-electron chi connectivity index (χ4n) is 3.35. The zero-order chi connectivity index (χ0) is 19.1. The summed E-state index contributed by atoms with van der Waals surface area (Å²) in [7, 11) is 0. The highest BCUT2D eigenvalue weighted by Gasteiger charge is 2.30. The molecule has 0 aliphatic heterocycles. The third kappa shape index (κ3) is 2.97. The van der Waals surface area contributed by atoms with Crippen LogP contribution in [-0.4, -0.2) is 10.5 Å². The van der Waals surface area contributed by atoms with Crippen molar-refractivity contribution in [2.24, 2.45) is 0 Å². The van der Waals surface area contributed by atoms with Crippen molar-refractivity contribution in [2.45, 2.75) is 25.8 Å². The molecule has 1 aromatic heterocycles. The molecule has 0 unspecified atom stereocenters. The molecule has 1 saturated carbocycles. The Hall–Kier alpha value is -3.46. The number of carbonyl (C=O) groups is 1. The molecule has 0 atom stereocenters. The molecule has 27 heavy (non-hydrogen) atoms. The van der Waals surface area contributed by atoms with Crippen LogP contribution in [0.15, 0.2) is 47.3 Å². The molecule has 1 fully saturated rings. The van der Waals surface area contributed by atoms with E-state index in [9.17, 15) is 19.2 Å². The van der Waals surface area contributed by atoms with Gasteiger partial charge in [-0.1, -0.05) is 12.1 Å². The molecule has 0 saturated heterocycles. The number of hydrogen-bond donors (Lipinski definition) is 0. The van der Waals surface area contributed by atoms with E-state index >= 15 is 0 Å². The van der Waals surface area contributed by atoms with Gasteiger partial charge in [0.1, 0.15) is 23.3 Å². The van der Waals surface area contributed by atoms with Gasteiger partial charge in [0, 0.05) is 29.3 Å². The van der Waals surface area contributed by atoms with Crippen LogP contribution in [0.25, 0.3) is 21.9 Å². The maximum absolute atomic E-state index is 13.9. The number of benzene rings is 2. The molecule has 134 valence electrons. The molecule has 4 rings (SSSR count). The molecule has 6 heteroatoms. The third-order valence-corrected chi connectivity index (χ3v) is 4.58. The Labute approximate surface area is 154 Å². The van der Waals surface area contributed by atoms with Crippen LogP contribution in [0, 0.1) is 17.1 Å². The van der Waals surface area contributed by atoms with Crippen LogP contribution < -0.4 is 10.3 Å². The van der Waals surface area contributed by atoms with Crippen molar-refractivity contribution < 1.29 is 13.9 Å². The first-order valence-electron chi connectivity index (χ1n) is 8.56. The molecule has 1 heterocycles. The van der Waals surface area contributed by atoms with Crippen LogP contribution in [0.3, 0.4) is 0 Å². The number of nitriles is 1. The number of carbonyl (C=O) groups excluding carboxylic acids is 1. The Morgan fingerprint density at radius 1 is 1.22 bits per heavy atom. The van der Waals surface area contributed by atoms with Crippen LogP contribution >= 0.6 is 0 Å². The van der Waals surface area contributed by atoms with Gasteiger partial charge in [-0.3, -0.25) is 14.2 Å². The number of rotatable bonds is 3. The number of aromatic nitrogens is 1. The van der Waals surface area contributed by atoms with Crippen molar-refractivity contribution in [3.05, 3.63) is 64.3 Å². The molecule has 5 nitrogen and oxygen atoms in total. The Morgan fingerprint density at radius 2 is 2.00 bits per heavy atom. The molecule has 0 radical (unpaired) electrons. The van der Waals surface area contributed by atoms with Crippen LogP contribution in [0.1, 0.15) is 31.5 Å². The van der Waals surface area contributed by atoms with E-state index in [1.165, 1.54) is 23.6 Å². The normalized spacial score (nSPS) is 13.4. The van der Waals surface area contributed by atoms with E-state index in [4.69, 9.17) is 4.74 Å². The summed E-state index contributed by atoms with van der Waals surface area (Å²) in [5, 5.41) is 10.7.